The minimum Gasteiger partial charge on any atom is -0.493 e. The molecule has 6 heteroatoms. The van der Waals surface area contributed by atoms with Gasteiger partial charge in [-0.05, 0) is 18.2 Å². The van der Waals surface area contributed by atoms with E-state index in [2.05, 4.69) is 9.97 Å². The fraction of sp³-hybridized carbons (Fsp3) is 0.0833. The zero-order chi connectivity index (χ0) is 13.0. The van der Waals surface area contributed by atoms with Crippen LogP contribution in [0, 0.1) is 0 Å². The van der Waals surface area contributed by atoms with Crippen molar-refractivity contribution in [1.29, 1.82) is 0 Å². The number of rotatable bonds is 4. The molecule has 0 aliphatic rings. The average Bonchev–Trinajstić information content (AvgIpc) is 2.39. The minimum atomic E-state index is -1.04. The number of ether oxygens (including phenoxy) is 2. The molecule has 0 saturated heterocycles. The molecule has 0 amide bonds. The number of carboxylic acids is 1. The molecule has 0 saturated carbocycles. The molecular formula is C12H10N2O4. The zero-order valence-electron chi connectivity index (χ0n) is 9.53. The molecule has 92 valence electrons. The predicted molar refractivity (Wildman–Crippen MR) is 62.1 cm³/mol. The number of carbonyl (C=O) groups is 1. The van der Waals surface area contributed by atoms with Crippen LogP contribution in [0.15, 0.2) is 36.8 Å². The van der Waals surface area contributed by atoms with Crippen molar-refractivity contribution >= 4 is 5.97 Å². The van der Waals surface area contributed by atoms with Gasteiger partial charge in [0.05, 0.1) is 12.7 Å². The molecule has 0 unspecified atom stereocenters. The molecule has 2 rings (SSSR count). The summed E-state index contributed by atoms with van der Waals surface area (Å²) in [5.41, 5.74) is 0.111. The second kappa shape index (κ2) is 5.13. The monoisotopic (exact) mass is 246 g/mol. The van der Waals surface area contributed by atoms with Crippen LogP contribution in [0.1, 0.15) is 10.4 Å². The van der Waals surface area contributed by atoms with Crippen molar-refractivity contribution < 1.29 is 19.4 Å². The van der Waals surface area contributed by atoms with Crippen molar-refractivity contribution in [3.63, 3.8) is 0 Å². The van der Waals surface area contributed by atoms with Crippen LogP contribution < -0.4 is 9.47 Å². The third-order valence-electron chi connectivity index (χ3n) is 2.18. The van der Waals surface area contributed by atoms with E-state index in [9.17, 15) is 4.79 Å². The fourth-order valence-electron chi connectivity index (χ4n) is 1.34. The first kappa shape index (κ1) is 11.8. The molecule has 1 N–H and O–H groups in total. The summed E-state index contributed by atoms with van der Waals surface area (Å²) < 4.78 is 10.5. The quantitative estimate of drug-likeness (QED) is 0.888. The molecule has 0 radical (unpaired) electrons. The smallest absolute Gasteiger partial charge is 0.335 e. The molecule has 1 aromatic heterocycles. The van der Waals surface area contributed by atoms with Gasteiger partial charge in [0.15, 0.2) is 11.5 Å². The summed E-state index contributed by atoms with van der Waals surface area (Å²) in [5.74, 6) is -0.00857. The Bertz CT molecular complexity index is 557. The van der Waals surface area contributed by atoms with Crippen LogP contribution in [-0.2, 0) is 0 Å². The summed E-state index contributed by atoms with van der Waals surface area (Å²) >= 11 is 0. The van der Waals surface area contributed by atoms with Gasteiger partial charge >= 0.3 is 5.97 Å². The number of aromatic carboxylic acids is 1. The van der Waals surface area contributed by atoms with Gasteiger partial charge in [-0.3, -0.25) is 0 Å². The maximum absolute atomic E-state index is 10.9. The zero-order valence-corrected chi connectivity index (χ0v) is 9.53. The van der Waals surface area contributed by atoms with E-state index in [1.807, 2.05) is 0 Å². The van der Waals surface area contributed by atoms with E-state index >= 15 is 0 Å². The second-order valence-corrected chi connectivity index (χ2v) is 3.32. The van der Waals surface area contributed by atoms with Crippen molar-refractivity contribution in [3.8, 4) is 17.4 Å². The predicted octanol–water partition coefficient (Wildman–Crippen LogP) is 1.98. The lowest BCUT2D eigenvalue weighted by Gasteiger charge is -2.09. The Kier molecular flexibility index (Phi) is 3.38. The van der Waals surface area contributed by atoms with E-state index in [0.717, 1.165) is 0 Å². The third-order valence-corrected chi connectivity index (χ3v) is 2.18. The number of carboxylic acid groups (broad SMARTS) is 1. The van der Waals surface area contributed by atoms with Crippen molar-refractivity contribution in [2.24, 2.45) is 0 Å². The Hall–Kier alpha value is -2.63. The highest BCUT2D eigenvalue weighted by Gasteiger charge is 2.11. The van der Waals surface area contributed by atoms with Gasteiger partial charge in [0.1, 0.15) is 6.33 Å². The van der Waals surface area contributed by atoms with Gasteiger partial charge in [-0.2, -0.15) is 0 Å². The molecule has 1 heterocycles. The van der Waals surface area contributed by atoms with E-state index in [0.29, 0.717) is 11.6 Å². The Balaban J connectivity index is 2.35. The average molecular weight is 246 g/mol. The molecular weight excluding hydrogens is 236 g/mol. The van der Waals surface area contributed by atoms with Gasteiger partial charge in [0.2, 0.25) is 5.88 Å². The van der Waals surface area contributed by atoms with E-state index < -0.39 is 5.97 Å². The maximum Gasteiger partial charge on any atom is 0.335 e. The Morgan fingerprint density at radius 1 is 1.28 bits per heavy atom. The Morgan fingerprint density at radius 2 is 2.11 bits per heavy atom. The Morgan fingerprint density at radius 3 is 2.72 bits per heavy atom. The van der Waals surface area contributed by atoms with Gasteiger partial charge in [0, 0.05) is 12.3 Å². The summed E-state index contributed by atoms with van der Waals surface area (Å²) in [4.78, 5) is 18.5. The van der Waals surface area contributed by atoms with E-state index in [1.165, 1.54) is 37.8 Å². The number of hydrogen-bond acceptors (Lipinski definition) is 5. The van der Waals surface area contributed by atoms with Crippen LogP contribution in [0.4, 0.5) is 0 Å². The van der Waals surface area contributed by atoms with Crippen molar-refractivity contribution in [1.82, 2.24) is 9.97 Å². The van der Waals surface area contributed by atoms with Gasteiger partial charge in [0.25, 0.3) is 0 Å². The molecule has 0 aliphatic carbocycles. The molecule has 2 aromatic rings. The highest BCUT2D eigenvalue weighted by molar-refractivity contribution is 5.88. The van der Waals surface area contributed by atoms with Crippen LogP contribution >= 0.6 is 0 Å². The number of aromatic nitrogens is 2. The standard InChI is InChI=1S/C12H10N2O4/c1-17-9-3-2-8(12(15)16)6-10(9)18-11-4-5-13-7-14-11/h2-7H,1H3,(H,15,16). The lowest BCUT2D eigenvalue weighted by molar-refractivity contribution is 0.0696. The topological polar surface area (TPSA) is 81.5 Å². The largest absolute Gasteiger partial charge is 0.493 e. The molecule has 0 bridgehead atoms. The number of nitrogens with zero attached hydrogens (tertiary/aromatic N) is 2. The fourth-order valence-corrected chi connectivity index (χ4v) is 1.34. The van der Waals surface area contributed by atoms with E-state index in [1.54, 1.807) is 6.07 Å². The Labute approximate surface area is 103 Å². The first-order valence-corrected chi connectivity index (χ1v) is 5.06. The number of methoxy groups -OCH3 is 1. The van der Waals surface area contributed by atoms with Crippen LogP contribution in [0.25, 0.3) is 0 Å². The number of benzene rings is 1. The second-order valence-electron chi connectivity index (χ2n) is 3.32. The summed E-state index contributed by atoms with van der Waals surface area (Å²) in [5, 5.41) is 8.92. The molecule has 18 heavy (non-hydrogen) atoms. The van der Waals surface area contributed by atoms with Crippen molar-refractivity contribution in [2.75, 3.05) is 7.11 Å². The van der Waals surface area contributed by atoms with Crippen LogP contribution in [0.2, 0.25) is 0 Å². The summed E-state index contributed by atoms with van der Waals surface area (Å²) in [6.07, 6.45) is 2.86. The van der Waals surface area contributed by atoms with Crippen LogP contribution in [-0.4, -0.2) is 28.2 Å². The highest BCUT2D eigenvalue weighted by atomic mass is 16.5. The SMILES string of the molecule is COc1ccc(C(=O)O)cc1Oc1ccncn1. The lowest BCUT2D eigenvalue weighted by atomic mass is 10.2. The summed E-state index contributed by atoms with van der Waals surface area (Å²) in [7, 11) is 1.47. The molecule has 0 spiro atoms. The normalized spacial score (nSPS) is 9.83. The van der Waals surface area contributed by atoms with Gasteiger partial charge in [-0.1, -0.05) is 0 Å². The minimum absolute atomic E-state index is 0.111. The van der Waals surface area contributed by atoms with Crippen LogP contribution in [0.5, 0.6) is 17.4 Å². The summed E-state index contributed by atoms with van der Waals surface area (Å²) in [6, 6.07) is 5.91. The molecule has 1 aromatic carbocycles. The lowest BCUT2D eigenvalue weighted by Crippen LogP contribution is -1.98. The number of hydrogen-bond donors (Lipinski definition) is 1. The molecule has 0 aliphatic heterocycles. The van der Waals surface area contributed by atoms with Crippen LogP contribution in [0.3, 0.4) is 0 Å². The first-order chi connectivity index (χ1) is 8.70. The molecule has 6 nitrogen and oxygen atoms in total. The van der Waals surface area contributed by atoms with Gasteiger partial charge < -0.3 is 14.6 Å². The van der Waals surface area contributed by atoms with Gasteiger partial charge in [-0.15, -0.1) is 0 Å². The van der Waals surface area contributed by atoms with Gasteiger partial charge in [-0.25, -0.2) is 14.8 Å². The maximum atomic E-state index is 10.9. The molecule has 0 atom stereocenters. The van der Waals surface area contributed by atoms with E-state index in [4.69, 9.17) is 14.6 Å². The summed E-state index contributed by atoms with van der Waals surface area (Å²) in [6.45, 7) is 0. The highest BCUT2D eigenvalue weighted by Crippen LogP contribution is 2.31. The van der Waals surface area contributed by atoms with Crippen molar-refractivity contribution in [3.05, 3.63) is 42.4 Å². The third kappa shape index (κ3) is 2.54. The molecule has 0 fully saturated rings. The van der Waals surface area contributed by atoms with Crippen molar-refractivity contribution in [2.45, 2.75) is 0 Å². The van der Waals surface area contributed by atoms with E-state index in [-0.39, 0.29) is 11.3 Å². The first-order valence-electron chi connectivity index (χ1n) is 5.06.